The van der Waals surface area contributed by atoms with Gasteiger partial charge in [-0.25, -0.2) is 0 Å². The highest BCUT2D eigenvalue weighted by Crippen LogP contribution is 2.29. The summed E-state index contributed by atoms with van der Waals surface area (Å²) in [6.07, 6.45) is 0. The monoisotopic (exact) mass is 261 g/mol. The van der Waals surface area contributed by atoms with Crippen molar-refractivity contribution in [3.05, 3.63) is 30.1 Å². The Hall–Kier alpha value is -1.88. The van der Waals surface area contributed by atoms with Crippen molar-refractivity contribution in [1.29, 1.82) is 0 Å². The van der Waals surface area contributed by atoms with Crippen molar-refractivity contribution < 1.29 is 9.26 Å². The number of rotatable bonds is 5. The molecule has 0 saturated carbocycles. The van der Waals surface area contributed by atoms with Crippen molar-refractivity contribution in [2.24, 2.45) is 11.7 Å². The van der Waals surface area contributed by atoms with E-state index in [2.05, 4.69) is 10.1 Å². The molecule has 2 aromatic rings. The zero-order valence-electron chi connectivity index (χ0n) is 11.5. The van der Waals surface area contributed by atoms with Crippen LogP contribution in [0.25, 0.3) is 11.5 Å². The van der Waals surface area contributed by atoms with Crippen LogP contribution >= 0.6 is 0 Å². The number of ether oxygens (including phenoxy) is 1. The Morgan fingerprint density at radius 2 is 2.05 bits per heavy atom. The number of benzene rings is 1. The van der Waals surface area contributed by atoms with Gasteiger partial charge in [-0.3, -0.25) is 0 Å². The van der Waals surface area contributed by atoms with Gasteiger partial charge in [0.25, 0.3) is 5.89 Å². The molecule has 2 N–H and O–H groups in total. The van der Waals surface area contributed by atoms with Crippen LogP contribution in [0.1, 0.15) is 32.6 Å². The van der Waals surface area contributed by atoms with Crippen LogP contribution in [0.2, 0.25) is 0 Å². The summed E-state index contributed by atoms with van der Waals surface area (Å²) in [6.45, 7) is 6.57. The van der Waals surface area contributed by atoms with Crippen molar-refractivity contribution in [1.82, 2.24) is 10.1 Å². The second-order valence-electron chi connectivity index (χ2n) is 4.66. The molecule has 0 saturated heterocycles. The van der Waals surface area contributed by atoms with Gasteiger partial charge in [0.15, 0.2) is 5.82 Å². The first kappa shape index (κ1) is 13.5. The van der Waals surface area contributed by atoms with E-state index >= 15 is 0 Å². The molecule has 102 valence electrons. The number of aromatic nitrogens is 2. The zero-order valence-corrected chi connectivity index (χ0v) is 11.5. The van der Waals surface area contributed by atoms with Gasteiger partial charge in [0.05, 0.1) is 18.2 Å². The topological polar surface area (TPSA) is 74.2 Å². The van der Waals surface area contributed by atoms with E-state index in [4.69, 9.17) is 15.0 Å². The maximum atomic E-state index is 6.01. The molecule has 0 aliphatic rings. The van der Waals surface area contributed by atoms with Crippen LogP contribution in [0.15, 0.2) is 28.8 Å². The standard InChI is InChI=1S/C14H19N3O2/c1-4-18-11-8-6-5-7-10(11)14-16-13(17-19-14)12(15)9(2)3/h5-9,12H,4,15H2,1-3H3. The van der Waals surface area contributed by atoms with Gasteiger partial charge in [0, 0.05) is 0 Å². The Kier molecular flexibility index (Phi) is 4.16. The lowest BCUT2D eigenvalue weighted by atomic mass is 10.1. The number of hydrogen-bond donors (Lipinski definition) is 1. The average Bonchev–Trinajstić information content (AvgIpc) is 2.88. The summed E-state index contributed by atoms with van der Waals surface area (Å²) in [5.41, 5.74) is 6.80. The second-order valence-corrected chi connectivity index (χ2v) is 4.66. The lowest BCUT2D eigenvalue weighted by molar-refractivity contribution is 0.339. The summed E-state index contributed by atoms with van der Waals surface area (Å²) in [5.74, 6) is 1.96. The smallest absolute Gasteiger partial charge is 0.261 e. The van der Waals surface area contributed by atoms with Gasteiger partial charge in [-0.2, -0.15) is 4.98 Å². The first-order valence-electron chi connectivity index (χ1n) is 6.44. The minimum Gasteiger partial charge on any atom is -0.493 e. The van der Waals surface area contributed by atoms with Crippen molar-refractivity contribution in [3.8, 4) is 17.2 Å². The average molecular weight is 261 g/mol. The van der Waals surface area contributed by atoms with E-state index in [0.717, 1.165) is 11.3 Å². The molecular formula is C14H19N3O2. The predicted octanol–water partition coefficient (Wildman–Crippen LogP) is 2.79. The Morgan fingerprint density at radius 3 is 2.74 bits per heavy atom. The predicted molar refractivity (Wildman–Crippen MR) is 72.7 cm³/mol. The lowest BCUT2D eigenvalue weighted by Gasteiger charge is -2.09. The number of nitrogens with two attached hydrogens (primary N) is 1. The van der Waals surface area contributed by atoms with Gasteiger partial charge >= 0.3 is 0 Å². The van der Waals surface area contributed by atoms with Gasteiger partial charge in [0.1, 0.15) is 5.75 Å². The summed E-state index contributed by atoms with van der Waals surface area (Å²) >= 11 is 0. The molecule has 1 aromatic heterocycles. The highest BCUT2D eigenvalue weighted by Gasteiger charge is 2.19. The summed E-state index contributed by atoms with van der Waals surface area (Å²) < 4.78 is 10.8. The molecule has 0 amide bonds. The number of hydrogen-bond acceptors (Lipinski definition) is 5. The normalized spacial score (nSPS) is 12.7. The van der Waals surface area contributed by atoms with Gasteiger partial charge in [-0.05, 0) is 25.0 Å². The molecule has 5 nitrogen and oxygen atoms in total. The molecule has 1 atom stereocenters. The molecule has 1 aromatic carbocycles. The largest absolute Gasteiger partial charge is 0.493 e. The minimum absolute atomic E-state index is 0.225. The first-order valence-corrected chi connectivity index (χ1v) is 6.44. The Bertz CT molecular complexity index is 537. The van der Waals surface area contributed by atoms with Gasteiger partial charge < -0.3 is 15.0 Å². The molecule has 0 radical (unpaired) electrons. The molecule has 0 bridgehead atoms. The Balaban J connectivity index is 2.32. The summed E-state index contributed by atoms with van der Waals surface area (Å²) in [7, 11) is 0. The summed E-state index contributed by atoms with van der Waals surface area (Å²) in [5, 5.41) is 3.95. The molecule has 0 fully saturated rings. The molecule has 5 heteroatoms. The summed E-state index contributed by atoms with van der Waals surface area (Å²) in [6, 6.07) is 7.36. The van der Waals surface area contributed by atoms with E-state index < -0.39 is 0 Å². The fourth-order valence-electron chi connectivity index (χ4n) is 1.70. The van der Waals surface area contributed by atoms with E-state index in [1.54, 1.807) is 0 Å². The molecule has 0 aliphatic heterocycles. The van der Waals surface area contributed by atoms with Crippen LogP contribution in [0.3, 0.4) is 0 Å². The fraction of sp³-hybridized carbons (Fsp3) is 0.429. The Labute approximate surface area is 112 Å². The first-order chi connectivity index (χ1) is 9.13. The third-order valence-corrected chi connectivity index (χ3v) is 2.88. The highest BCUT2D eigenvalue weighted by molar-refractivity contribution is 5.62. The van der Waals surface area contributed by atoms with Crippen LogP contribution in [-0.2, 0) is 0 Å². The van der Waals surface area contributed by atoms with E-state index in [9.17, 15) is 0 Å². The van der Waals surface area contributed by atoms with Crippen molar-refractivity contribution >= 4 is 0 Å². The van der Waals surface area contributed by atoms with Crippen molar-refractivity contribution in [3.63, 3.8) is 0 Å². The molecule has 0 aliphatic carbocycles. The van der Waals surface area contributed by atoms with Crippen LogP contribution < -0.4 is 10.5 Å². The minimum atomic E-state index is -0.225. The molecule has 1 heterocycles. The molecule has 19 heavy (non-hydrogen) atoms. The number of nitrogens with zero attached hydrogens (tertiary/aromatic N) is 2. The van der Waals surface area contributed by atoms with E-state index in [-0.39, 0.29) is 12.0 Å². The van der Waals surface area contributed by atoms with Crippen LogP contribution in [-0.4, -0.2) is 16.7 Å². The molecule has 2 rings (SSSR count). The van der Waals surface area contributed by atoms with E-state index in [0.29, 0.717) is 18.3 Å². The highest BCUT2D eigenvalue weighted by atomic mass is 16.5. The van der Waals surface area contributed by atoms with Gasteiger partial charge in [-0.1, -0.05) is 31.1 Å². The van der Waals surface area contributed by atoms with Crippen molar-refractivity contribution in [2.45, 2.75) is 26.8 Å². The SMILES string of the molecule is CCOc1ccccc1-c1nc(C(N)C(C)C)no1. The zero-order chi connectivity index (χ0) is 13.8. The van der Waals surface area contributed by atoms with Gasteiger partial charge in [-0.15, -0.1) is 0 Å². The quantitative estimate of drug-likeness (QED) is 0.895. The van der Waals surface area contributed by atoms with Crippen LogP contribution in [0, 0.1) is 5.92 Å². The fourth-order valence-corrected chi connectivity index (χ4v) is 1.70. The van der Waals surface area contributed by atoms with E-state index in [1.165, 1.54) is 0 Å². The Morgan fingerprint density at radius 1 is 1.32 bits per heavy atom. The molecular weight excluding hydrogens is 242 g/mol. The molecule has 0 spiro atoms. The third-order valence-electron chi connectivity index (χ3n) is 2.88. The lowest BCUT2D eigenvalue weighted by Crippen LogP contribution is -2.18. The van der Waals surface area contributed by atoms with Crippen LogP contribution in [0.5, 0.6) is 5.75 Å². The van der Waals surface area contributed by atoms with Crippen molar-refractivity contribution in [2.75, 3.05) is 6.61 Å². The second kappa shape index (κ2) is 5.84. The maximum Gasteiger partial charge on any atom is 0.261 e. The maximum absolute atomic E-state index is 6.01. The van der Waals surface area contributed by atoms with Gasteiger partial charge in [0.2, 0.25) is 0 Å². The van der Waals surface area contributed by atoms with E-state index in [1.807, 2.05) is 45.0 Å². The van der Waals surface area contributed by atoms with Crippen LogP contribution in [0.4, 0.5) is 0 Å². The third kappa shape index (κ3) is 2.93. The number of para-hydroxylation sites is 1. The molecule has 1 unspecified atom stereocenters. The summed E-state index contributed by atoms with van der Waals surface area (Å²) in [4.78, 5) is 4.36.